The normalized spacial score (nSPS) is 12.7. The average molecular weight is 429 g/mol. The molecule has 3 amide bonds. The summed E-state index contributed by atoms with van der Waals surface area (Å²) in [5.41, 5.74) is 3.29. The SMILES string of the molecule is Cc1ccc2c(c1)C(=O)N(CCCC(=O)Nc1ccc(Cn3ccccc3=O)cc1)C2=O. The number of aryl methyl sites for hydroxylation is 1. The van der Waals surface area contributed by atoms with Gasteiger partial charge in [-0.3, -0.25) is 24.1 Å². The molecule has 0 atom stereocenters. The van der Waals surface area contributed by atoms with E-state index in [4.69, 9.17) is 0 Å². The second kappa shape index (κ2) is 9.01. The van der Waals surface area contributed by atoms with Crippen molar-refractivity contribution in [1.82, 2.24) is 9.47 Å². The van der Waals surface area contributed by atoms with Crippen LogP contribution in [0.3, 0.4) is 0 Å². The van der Waals surface area contributed by atoms with Crippen LogP contribution in [0.1, 0.15) is 44.7 Å². The first kappa shape index (κ1) is 21.2. The Morgan fingerprint density at radius 3 is 2.41 bits per heavy atom. The first-order valence-electron chi connectivity index (χ1n) is 10.4. The van der Waals surface area contributed by atoms with Crippen LogP contribution in [0.2, 0.25) is 0 Å². The van der Waals surface area contributed by atoms with Gasteiger partial charge in [0.1, 0.15) is 0 Å². The predicted molar refractivity (Wildman–Crippen MR) is 121 cm³/mol. The summed E-state index contributed by atoms with van der Waals surface area (Å²) in [7, 11) is 0. The third-order valence-electron chi connectivity index (χ3n) is 5.40. The summed E-state index contributed by atoms with van der Waals surface area (Å²) in [4.78, 5) is 50.3. The number of amides is 3. The van der Waals surface area contributed by atoms with E-state index < -0.39 is 0 Å². The highest BCUT2D eigenvalue weighted by Gasteiger charge is 2.34. The third-order valence-corrected chi connectivity index (χ3v) is 5.40. The minimum Gasteiger partial charge on any atom is -0.326 e. The van der Waals surface area contributed by atoms with Crippen LogP contribution in [-0.4, -0.2) is 33.7 Å². The Bertz CT molecular complexity index is 1240. The molecule has 2 heterocycles. The van der Waals surface area contributed by atoms with E-state index in [9.17, 15) is 19.2 Å². The van der Waals surface area contributed by atoms with Gasteiger partial charge in [0.15, 0.2) is 0 Å². The summed E-state index contributed by atoms with van der Waals surface area (Å²) in [6.45, 7) is 2.52. The number of rotatable bonds is 7. The van der Waals surface area contributed by atoms with Crippen LogP contribution in [-0.2, 0) is 11.3 Å². The molecular formula is C25H23N3O4. The van der Waals surface area contributed by atoms with Crippen molar-refractivity contribution in [3.63, 3.8) is 0 Å². The first-order valence-corrected chi connectivity index (χ1v) is 10.4. The highest BCUT2D eigenvalue weighted by atomic mass is 16.2. The molecule has 0 unspecified atom stereocenters. The van der Waals surface area contributed by atoms with Crippen LogP contribution in [0.5, 0.6) is 0 Å². The highest BCUT2D eigenvalue weighted by molar-refractivity contribution is 6.21. The van der Waals surface area contributed by atoms with Gasteiger partial charge < -0.3 is 9.88 Å². The molecule has 0 aliphatic carbocycles. The van der Waals surface area contributed by atoms with Gasteiger partial charge in [-0.15, -0.1) is 0 Å². The number of aromatic nitrogens is 1. The lowest BCUT2D eigenvalue weighted by Crippen LogP contribution is -2.31. The molecule has 0 spiro atoms. The van der Waals surface area contributed by atoms with Gasteiger partial charge in [0.25, 0.3) is 17.4 Å². The molecule has 7 heteroatoms. The molecule has 1 aliphatic heterocycles. The number of hydrogen-bond donors (Lipinski definition) is 1. The van der Waals surface area contributed by atoms with Crippen molar-refractivity contribution < 1.29 is 14.4 Å². The van der Waals surface area contributed by atoms with Crippen molar-refractivity contribution in [2.24, 2.45) is 0 Å². The fourth-order valence-electron chi connectivity index (χ4n) is 3.71. The highest BCUT2D eigenvalue weighted by Crippen LogP contribution is 2.24. The quantitative estimate of drug-likeness (QED) is 0.584. The van der Waals surface area contributed by atoms with E-state index in [-0.39, 0.29) is 36.2 Å². The van der Waals surface area contributed by atoms with Gasteiger partial charge in [-0.25, -0.2) is 0 Å². The molecular weight excluding hydrogens is 406 g/mol. The predicted octanol–water partition coefficient (Wildman–Crippen LogP) is 3.22. The zero-order valence-corrected chi connectivity index (χ0v) is 17.7. The minimum absolute atomic E-state index is 0.0712. The Morgan fingerprint density at radius 1 is 0.906 bits per heavy atom. The summed E-state index contributed by atoms with van der Waals surface area (Å²) in [6.07, 6.45) is 2.30. The molecule has 1 aliphatic rings. The fraction of sp³-hybridized carbons (Fsp3) is 0.200. The van der Waals surface area contributed by atoms with Crippen LogP contribution >= 0.6 is 0 Å². The van der Waals surface area contributed by atoms with Gasteiger partial charge in [-0.05, 0) is 49.2 Å². The van der Waals surface area contributed by atoms with Crippen LogP contribution in [0, 0.1) is 6.92 Å². The summed E-state index contributed by atoms with van der Waals surface area (Å²) < 4.78 is 1.61. The van der Waals surface area contributed by atoms with E-state index in [1.54, 1.807) is 47.2 Å². The van der Waals surface area contributed by atoms with E-state index in [1.165, 1.54) is 11.0 Å². The van der Waals surface area contributed by atoms with Crippen molar-refractivity contribution >= 4 is 23.4 Å². The summed E-state index contributed by atoms with van der Waals surface area (Å²) >= 11 is 0. The molecule has 0 bridgehead atoms. The van der Waals surface area contributed by atoms with Crippen LogP contribution in [0.4, 0.5) is 5.69 Å². The molecule has 3 aromatic rings. The molecule has 162 valence electrons. The number of anilines is 1. The van der Waals surface area contributed by atoms with E-state index in [1.807, 2.05) is 25.1 Å². The number of hydrogen-bond acceptors (Lipinski definition) is 4. The van der Waals surface area contributed by atoms with Gasteiger partial charge in [0, 0.05) is 30.9 Å². The minimum atomic E-state index is -0.307. The van der Waals surface area contributed by atoms with Gasteiger partial charge in [0.2, 0.25) is 5.91 Å². The number of nitrogens with one attached hydrogen (secondary N) is 1. The van der Waals surface area contributed by atoms with Crippen molar-refractivity contribution in [2.75, 3.05) is 11.9 Å². The number of nitrogens with zero attached hydrogens (tertiary/aromatic N) is 2. The molecule has 7 nitrogen and oxygen atoms in total. The van der Waals surface area contributed by atoms with Crippen LogP contribution in [0.15, 0.2) is 71.7 Å². The number of fused-ring (bicyclic) bond motifs is 1. The smallest absolute Gasteiger partial charge is 0.261 e. The topological polar surface area (TPSA) is 88.5 Å². The zero-order valence-electron chi connectivity index (χ0n) is 17.7. The third kappa shape index (κ3) is 4.51. The maximum atomic E-state index is 12.5. The largest absolute Gasteiger partial charge is 0.326 e. The summed E-state index contributed by atoms with van der Waals surface area (Å²) in [5, 5.41) is 2.82. The number of carbonyl (C=O) groups is 3. The monoisotopic (exact) mass is 429 g/mol. The van der Waals surface area contributed by atoms with Crippen molar-refractivity contribution in [3.8, 4) is 0 Å². The lowest BCUT2D eigenvalue weighted by Gasteiger charge is -2.13. The van der Waals surface area contributed by atoms with E-state index in [2.05, 4.69) is 5.32 Å². The molecule has 32 heavy (non-hydrogen) atoms. The summed E-state index contributed by atoms with van der Waals surface area (Å²) in [6, 6.07) is 17.5. The van der Waals surface area contributed by atoms with E-state index in [0.717, 1.165) is 11.1 Å². The Kier molecular flexibility index (Phi) is 5.98. The van der Waals surface area contributed by atoms with E-state index in [0.29, 0.717) is 29.8 Å². The number of carbonyl (C=O) groups excluding carboxylic acids is 3. The van der Waals surface area contributed by atoms with Crippen molar-refractivity contribution in [2.45, 2.75) is 26.3 Å². The molecule has 2 aromatic carbocycles. The molecule has 4 rings (SSSR count). The van der Waals surface area contributed by atoms with Crippen molar-refractivity contribution in [3.05, 3.63) is 99.5 Å². The lowest BCUT2D eigenvalue weighted by atomic mass is 10.1. The number of benzene rings is 2. The lowest BCUT2D eigenvalue weighted by molar-refractivity contribution is -0.116. The van der Waals surface area contributed by atoms with Crippen molar-refractivity contribution in [1.29, 1.82) is 0 Å². The van der Waals surface area contributed by atoms with Gasteiger partial charge >= 0.3 is 0 Å². The van der Waals surface area contributed by atoms with Crippen LogP contribution < -0.4 is 10.9 Å². The molecule has 1 aromatic heterocycles. The number of imide groups is 1. The standard InChI is InChI=1S/C25H23N3O4/c1-17-7-12-20-21(15-17)25(32)28(24(20)31)14-4-5-22(29)26-19-10-8-18(9-11-19)16-27-13-3-2-6-23(27)30/h2-3,6-13,15H,4-5,14,16H2,1H3,(H,26,29). The second-order valence-electron chi connectivity index (χ2n) is 7.83. The molecule has 1 N–H and O–H groups in total. The molecule has 0 saturated carbocycles. The maximum absolute atomic E-state index is 12.5. The Balaban J connectivity index is 1.27. The number of pyridine rings is 1. The molecule has 0 radical (unpaired) electrons. The Labute approximate surface area is 185 Å². The average Bonchev–Trinajstić information content (AvgIpc) is 3.01. The maximum Gasteiger partial charge on any atom is 0.261 e. The Hall–Kier alpha value is -4.00. The Morgan fingerprint density at radius 2 is 1.66 bits per heavy atom. The van der Waals surface area contributed by atoms with E-state index >= 15 is 0 Å². The van der Waals surface area contributed by atoms with Crippen LogP contribution in [0.25, 0.3) is 0 Å². The van der Waals surface area contributed by atoms with Gasteiger partial charge in [-0.1, -0.05) is 29.8 Å². The van der Waals surface area contributed by atoms with Gasteiger partial charge in [-0.2, -0.15) is 0 Å². The molecule has 0 fully saturated rings. The molecule has 0 saturated heterocycles. The summed E-state index contributed by atoms with van der Waals surface area (Å²) in [5.74, 6) is -0.801. The van der Waals surface area contributed by atoms with Gasteiger partial charge in [0.05, 0.1) is 17.7 Å². The second-order valence-corrected chi connectivity index (χ2v) is 7.83. The zero-order chi connectivity index (χ0) is 22.7. The fourth-order valence-corrected chi connectivity index (χ4v) is 3.71. The first-order chi connectivity index (χ1) is 15.4.